The lowest BCUT2D eigenvalue weighted by atomic mass is 9.95. The van der Waals surface area contributed by atoms with E-state index in [1.54, 1.807) is 6.07 Å². The maximum atomic E-state index is 12.4. The van der Waals surface area contributed by atoms with Gasteiger partial charge in [0.15, 0.2) is 5.78 Å². The predicted molar refractivity (Wildman–Crippen MR) is 84.2 cm³/mol. The highest BCUT2D eigenvalue weighted by Gasteiger charge is 2.11. The van der Waals surface area contributed by atoms with Gasteiger partial charge in [0, 0.05) is 16.8 Å². The SMILES string of the molecule is CCC(C)c1ccc(C(=O)c2ccc(C)c(N)c2)cc1. The molecule has 2 aromatic carbocycles. The Morgan fingerprint density at radius 2 is 1.70 bits per heavy atom. The van der Waals surface area contributed by atoms with Gasteiger partial charge in [-0.05, 0) is 36.5 Å². The first-order valence-electron chi connectivity index (χ1n) is 7.03. The molecule has 0 saturated carbocycles. The van der Waals surface area contributed by atoms with Gasteiger partial charge < -0.3 is 5.73 Å². The lowest BCUT2D eigenvalue weighted by Crippen LogP contribution is -2.03. The van der Waals surface area contributed by atoms with Crippen LogP contribution in [0.15, 0.2) is 42.5 Å². The van der Waals surface area contributed by atoms with Gasteiger partial charge in [0.2, 0.25) is 0 Å². The molecular weight excluding hydrogens is 246 g/mol. The molecule has 0 bridgehead atoms. The molecule has 0 aliphatic rings. The molecule has 0 amide bonds. The van der Waals surface area contributed by atoms with Crippen molar-refractivity contribution < 1.29 is 4.79 Å². The Labute approximate surface area is 120 Å². The Hall–Kier alpha value is -2.09. The van der Waals surface area contributed by atoms with Crippen LogP contribution in [0.5, 0.6) is 0 Å². The molecule has 2 N–H and O–H groups in total. The van der Waals surface area contributed by atoms with E-state index in [1.165, 1.54) is 5.56 Å². The van der Waals surface area contributed by atoms with E-state index < -0.39 is 0 Å². The van der Waals surface area contributed by atoms with Gasteiger partial charge >= 0.3 is 0 Å². The minimum absolute atomic E-state index is 0.0207. The van der Waals surface area contributed by atoms with E-state index in [0.29, 0.717) is 22.7 Å². The van der Waals surface area contributed by atoms with Crippen LogP contribution in [0, 0.1) is 6.92 Å². The van der Waals surface area contributed by atoms with Crippen LogP contribution in [-0.4, -0.2) is 5.78 Å². The molecule has 1 unspecified atom stereocenters. The van der Waals surface area contributed by atoms with Crippen molar-refractivity contribution in [3.63, 3.8) is 0 Å². The molecular formula is C18H21NO. The van der Waals surface area contributed by atoms with Crippen molar-refractivity contribution in [1.82, 2.24) is 0 Å². The van der Waals surface area contributed by atoms with Crippen LogP contribution >= 0.6 is 0 Å². The molecule has 0 spiro atoms. The third-order valence-corrected chi connectivity index (χ3v) is 3.90. The van der Waals surface area contributed by atoms with Crippen LogP contribution in [0.1, 0.15) is 53.2 Å². The molecule has 2 aromatic rings. The van der Waals surface area contributed by atoms with Crippen molar-refractivity contribution in [3.8, 4) is 0 Å². The number of nitrogens with two attached hydrogens (primary N) is 1. The van der Waals surface area contributed by atoms with Crippen molar-refractivity contribution in [1.29, 1.82) is 0 Å². The second kappa shape index (κ2) is 5.91. The number of nitrogen functional groups attached to an aromatic ring is 1. The molecule has 1 atom stereocenters. The van der Waals surface area contributed by atoms with Gasteiger partial charge in [0.05, 0.1) is 0 Å². The predicted octanol–water partition coefficient (Wildman–Crippen LogP) is 4.32. The summed E-state index contributed by atoms with van der Waals surface area (Å²) in [6, 6.07) is 13.4. The maximum Gasteiger partial charge on any atom is 0.193 e. The van der Waals surface area contributed by atoms with Crippen LogP contribution in [0.2, 0.25) is 0 Å². The minimum atomic E-state index is 0.0207. The first-order valence-corrected chi connectivity index (χ1v) is 7.03. The number of carbonyl (C=O) groups is 1. The number of rotatable bonds is 4. The van der Waals surface area contributed by atoms with Gasteiger partial charge in [0.1, 0.15) is 0 Å². The third kappa shape index (κ3) is 2.90. The molecule has 0 saturated heterocycles. The average molecular weight is 267 g/mol. The van der Waals surface area contributed by atoms with Crippen LogP contribution in [0.4, 0.5) is 5.69 Å². The number of benzene rings is 2. The molecule has 0 aromatic heterocycles. The van der Waals surface area contributed by atoms with Crippen molar-refractivity contribution in [2.75, 3.05) is 5.73 Å². The van der Waals surface area contributed by atoms with Crippen LogP contribution in [-0.2, 0) is 0 Å². The number of ketones is 1. The molecule has 0 radical (unpaired) electrons. The second-order valence-electron chi connectivity index (χ2n) is 5.33. The number of hydrogen-bond donors (Lipinski definition) is 1. The normalized spacial score (nSPS) is 12.2. The smallest absolute Gasteiger partial charge is 0.193 e. The fraction of sp³-hybridized carbons (Fsp3) is 0.278. The van der Waals surface area contributed by atoms with Crippen LogP contribution in [0.25, 0.3) is 0 Å². The highest BCUT2D eigenvalue weighted by molar-refractivity contribution is 6.09. The molecule has 2 heteroatoms. The van der Waals surface area contributed by atoms with Gasteiger partial charge in [-0.1, -0.05) is 50.2 Å². The largest absolute Gasteiger partial charge is 0.398 e. The number of aryl methyl sites for hydroxylation is 1. The van der Waals surface area contributed by atoms with E-state index in [1.807, 2.05) is 43.3 Å². The van der Waals surface area contributed by atoms with Gasteiger partial charge in [-0.25, -0.2) is 0 Å². The zero-order chi connectivity index (χ0) is 14.7. The summed E-state index contributed by atoms with van der Waals surface area (Å²) >= 11 is 0. The first-order chi connectivity index (χ1) is 9.52. The van der Waals surface area contributed by atoms with Crippen LogP contribution in [0.3, 0.4) is 0 Å². The monoisotopic (exact) mass is 267 g/mol. The number of hydrogen-bond acceptors (Lipinski definition) is 2. The fourth-order valence-corrected chi connectivity index (χ4v) is 2.15. The summed E-state index contributed by atoms with van der Waals surface area (Å²) in [7, 11) is 0. The Balaban J connectivity index is 2.27. The van der Waals surface area contributed by atoms with Crippen LogP contribution < -0.4 is 5.73 Å². The summed E-state index contributed by atoms with van der Waals surface area (Å²) in [4.78, 5) is 12.4. The van der Waals surface area contributed by atoms with E-state index in [2.05, 4.69) is 13.8 Å². The molecule has 0 aliphatic heterocycles. The third-order valence-electron chi connectivity index (χ3n) is 3.90. The van der Waals surface area contributed by atoms with E-state index in [0.717, 1.165) is 12.0 Å². The summed E-state index contributed by atoms with van der Waals surface area (Å²) in [6.07, 6.45) is 1.10. The summed E-state index contributed by atoms with van der Waals surface area (Å²) in [6.45, 7) is 6.29. The molecule has 0 aliphatic carbocycles. The summed E-state index contributed by atoms with van der Waals surface area (Å²) in [5, 5.41) is 0. The van der Waals surface area contributed by atoms with E-state index in [-0.39, 0.29) is 5.78 Å². The lowest BCUT2D eigenvalue weighted by Gasteiger charge is -2.10. The van der Waals surface area contributed by atoms with E-state index in [9.17, 15) is 4.79 Å². The molecule has 2 rings (SSSR count). The standard InChI is InChI=1S/C18H21NO/c1-4-12(2)14-7-9-15(10-8-14)18(20)16-6-5-13(3)17(19)11-16/h5-12H,4,19H2,1-3H3. The fourth-order valence-electron chi connectivity index (χ4n) is 2.15. The highest BCUT2D eigenvalue weighted by atomic mass is 16.1. The van der Waals surface area contributed by atoms with Crippen molar-refractivity contribution in [3.05, 3.63) is 64.7 Å². The van der Waals surface area contributed by atoms with Gasteiger partial charge in [0.25, 0.3) is 0 Å². The topological polar surface area (TPSA) is 43.1 Å². The Bertz CT molecular complexity index is 614. The van der Waals surface area contributed by atoms with Gasteiger partial charge in [-0.3, -0.25) is 4.79 Å². The summed E-state index contributed by atoms with van der Waals surface area (Å²) < 4.78 is 0. The first kappa shape index (κ1) is 14.3. The molecule has 2 nitrogen and oxygen atoms in total. The maximum absolute atomic E-state index is 12.4. The highest BCUT2D eigenvalue weighted by Crippen LogP contribution is 2.21. The quantitative estimate of drug-likeness (QED) is 0.662. The zero-order valence-electron chi connectivity index (χ0n) is 12.3. The van der Waals surface area contributed by atoms with Gasteiger partial charge in [-0.2, -0.15) is 0 Å². The summed E-state index contributed by atoms with van der Waals surface area (Å²) in [5.41, 5.74) is 10.1. The zero-order valence-corrected chi connectivity index (χ0v) is 12.3. The Morgan fingerprint density at radius 3 is 2.25 bits per heavy atom. The Kier molecular flexibility index (Phi) is 4.23. The van der Waals surface area contributed by atoms with E-state index in [4.69, 9.17) is 5.73 Å². The molecule has 0 heterocycles. The minimum Gasteiger partial charge on any atom is -0.398 e. The van der Waals surface area contributed by atoms with Crippen molar-refractivity contribution >= 4 is 11.5 Å². The molecule has 20 heavy (non-hydrogen) atoms. The van der Waals surface area contributed by atoms with Gasteiger partial charge in [-0.15, -0.1) is 0 Å². The molecule has 104 valence electrons. The molecule has 0 fully saturated rings. The Morgan fingerprint density at radius 1 is 1.10 bits per heavy atom. The van der Waals surface area contributed by atoms with Crippen molar-refractivity contribution in [2.24, 2.45) is 0 Å². The lowest BCUT2D eigenvalue weighted by molar-refractivity contribution is 0.103. The van der Waals surface area contributed by atoms with Crippen molar-refractivity contribution in [2.45, 2.75) is 33.1 Å². The average Bonchev–Trinajstić information content (AvgIpc) is 2.48. The summed E-state index contributed by atoms with van der Waals surface area (Å²) in [5.74, 6) is 0.543. The van der Waals surface area contributed by atoms with E-state index >= 15 is 0 Å². The number of anilines is 1. The number of carbonyl (C=O) groups excluding carboxylic acids is 1. The second-order valence-corrected chi connectivity index (χ2v) is 5.33.